The molecule has 0 saturated carbocycles. The maximum Gasteiger partial charge on any atom is 0.0742 e. The Labute approximate surface area is 106 Å². The first-order valence-electron chi connectivity index (χ1n) is 4.78. The average molecular weight is 342 g/mol. The normalized spacial score (nSPS) is 10.8. The second kappa shape index (κ2) is 6.99. The number of aliphatic hydroxyl groups is 1. The maximum atomic E-state index is 8.62. The Morgan fingerprint density at radius 3 is 2.43 bits per heavy atom. The third-order valence-corrected chi connectivity index (χ3v) is 4.55. The molecule has 80 valence electrons. The van der Waals surface area contributed by atoms with Crippen LogP contribution >= 0.6 is 43.2 Å². The van der Waals surface area contributed by atoms with Crippen LogP contribution in [0.3, 0.4) is 0 Å². The summed E-state index contributed by atoms with van der Waals surface area (Å²) in [6, 6.07) is 2.18. The van der Waals surface area contributed by atoms with Gasteiger partial charge in [-0.3, -0.25) is 0 Å². The van der Waals surface area contributed by atoms with Crippen molar-refractivity contribution in [2.45, 2.75) is 32.1 Å². The zero-order chi connectivity index (χ0) is 10.4. The molecule has 0 aliphatic rings. The highest BCUT2D eigenvalue weighted by atomic mass is 79.9. The van der Waals surface area contributed by atoms with Crippen LogP contribution < -0.4 is 0 Å². The van der Waals surface area contributed by atoms with E-state index in [1.54, 1.807) is 11.3 Å². The zero-order valence-electron chi connectivity index (χ0n) is 7.93. The lowest BCUT2D eigenvalue weighted by Crippen LogP contribution is -1.86. The van der Waals surface area contributed by atoms with E-state index in [-0.39, 0.29) is 0 Å². The minimum absolute atomic E-state index is 0.327. The van der Waals surface area contributed by atoms with E-state index in [2.05, 4.69) is 37.9 Å². The third-order valence-electron chi connectivity index (χ3n) is 2.08. The van der Waals surface area contributed by atoms with E-state index >= 15 is 0 Å². The summed E-state index contributed by atoms with van der Waals surface area (Å²) in [6.45, 7) is 0.327. The molecule has 0 radical (unpaired) electrons. The van der Waals surface area contributed by atoms with Gasteiger partial charge in [0.05, 0.1) is 7.57 Å². The molecular formula is C10H14Br2OS. The topological polar surface area (TPSA) is 20.2 Å². The molecule has 0 aliphatic heterocycles. The van der Waals surface area contributed by atoms with Gasteiger partial charge in [-0.1, -0.05) is 12.8 Å². The molecule has 1 rings (SSSR count). The highest BCUT2D eigenvalue weighted by Crippen LogP contribution is 2.32. The lowest BCUT2D eigenvalue weighted by molar-refractivity contribution is 0.282. The molecule has 0 atom stereocenters. The molecule has 0 unspecified atom stereocenters. The Morgan fingerprint density at radius 1 is 1.14 bits per heavy atom. The molecule has 0 amide bonds. The van der Waals surface area contributed by atoms with Crippen molar-refractivity contribution in [3.63, 3.8) is 0 Å². The average Bonchev–Trinajstić information content (AvgIpc) is 2.45. The van der Waals surface area contributed by atoms with E-state index < -0.39 is 0 Å². The Balaban J connectivity index is 2.21. The van der Waals surface area contributed by atoms with Crippen molar-refractivity contribution in [1.29, 1.82) is 0 Å². The molecule has 1 N–H and O–H groups in total. The number of aliphatic hydroxyl groups excluding tert-OH is 1. The molecule has 0 aromatic carbocycles. The molecular weight excluding hydrogens is 328 g/mol. The van der Waals surface area contributed by atoms with Gasteiger partial charge in [0.25, 0.3) is 0 Å². The summed E-state index contributed by atoms with van der Waals surface area (Å²) in [7, 11) is 0. The van der Waals surface area contributed by atoms with Crippen LogP contribution in [0.1, 0.15) is 31.2 Å². The summed E-state index contributed by atoms with van der Waals surface area (Å²) in [5.41, 5.74) is 1.39. The standard InChI is InChI=1S/C10H14Br2OS/c11-9-7-8(10(12)14-9)5-3-1-2-4-6-13/h7,13H,1-6H2. The third kappa shape index (κ3) is 4.43. The van der Waals surface area contributed by atoms with Gasteiger partial charge in [-0.25, -0.2) is 0 Å². The van der Waals surface area contributed by atoms with Gasteiger partial charge in [0.2, 0.25) is 0 Å². The minimum Gasteiger partial charge on any atom is -0.396 e. The molecule has 4 heteroatoms. The van der Waals surface area contributed by atoms with Crippen molar-refractivity contribution in [2.24, 2.45) is 0 Å². The number of aryl methyl sites for hydroxylation is 1. The lowest BCUT2D eigenvalue weighted by Gasteiger charge is -1.99. The second-order valence-electron chi connectivity index (χ2n) is 3.24. The van der Waals surface area contributed by atoms with E-state index in [9.17, 15) is 0 Å². The van der Waals surface area contributed by atoms with E-state index in [0.29, 0.717) is 6.61 Å². The van der Waals surface area contributed by atoms with Crippen molar-refractivity contribution in [2.75, 3.05) is 6.61 Å². The number of hydrogen-bond acceptors (Lipinski definition) is 2. The largest absolute Gasteiger partial charge is 0.396 e. The van der Waals surface area contributed by atoms with Crippen LogP contribution in [0.25, 0.3) is 0 Å². The Morgan fingerprint density at radius 2 is 1.86 bits per heavy atom. The predicted octanol–water partition coefficient (Wildman–Crippen LogP) is 4.37. The number of rotatable bonds is 6. The van der Waals surface area contributed by atoms with Gasteiger partial charge in [-0.2, -0.15) is 0 Å². The Hall–Kier alpha value is 0.620. The van der Waals surface area contributed by atoms with Gasteiger partial charge in [-0.05, 0) is 62.8 Å². The van der Waals surface area contributed by atoms with Crippen molar-refractivity contribution < 1.29 is 5.11 Å². The molecule has 1 aromatic heterocycles. The van der Waals surface area contributed by atoms with Crippen LogP contribution in [0.5, 0.6) is 0 Å². The van der Waals surface area contributed by atoms with Crippen LogP contribution in [-0.2, 0) is 6.42 Å². The monoisotopic (exact) mass is 340 g/mol. The summed E-state index contributed by atoms with van der Waals surface area (Å²) >= 11 is 8.75. The second-order valence-corrected chi connectivity index (χ2v) is 6.99. The number of thiophene rings is 1. The Kier molecular flexibility index (Phi) is 6.33. The van der Waals surface area contributed by atoms with Crippen LogP contribution in [0.15, 0.2) is 13.6 Å². The fraction of sp³-hybridized carbons (Fsp3) is 0.600. The molecule has 0 saturated heterocycles. The molecule has 14 heavy (non-hydrogen) atoms. The van der Waals surface area contributed by atoms with Crippen LogP contribution in [0.4, 0.5) is 0 Å². The van der Waals surface area contributed by atoms with E-state index in [0.717, 1.165) is 19.3 Å². The van der Waals surface area contributed by atoms with Gasteiger partial charge >= 0.3 is 0 Å². The van der Waals surface area contributed by atoms with E-state index in [1.807, 2.05) is 0 Å². The van der Waals surface area contributed by atoms with Crippen LogP contribution in [-0.4, -0.2) is 11.7 Å². The van der Waals surface area contributed by atoms with E-state index in [4.69, 9.17) is 5.11 Å². The first-order chi connectivity index (χ1) is 6.74. The maximum absolute atomic E-state index is 8.62. The molecule has 0 bridgehead atoms. The molecule has 1 aromatic rings. The van der Waals surface area contributed by atoms with Crippen molar-refractivity contribution >= 4 is 43.2 Å². The highest BCUT2D eigenvalue weighted by molar-refractivity contribution is 9.12. The fourth-order valence-corrected chi connectivity index (χ4v) is 4.24. The molecule has 0 aliphatic carbocycles. The summed E-state index contributed by atoms with van der Waals surface area (Å²) < 4.78 is 2.43. The fourth-order valence-electron chi connectivity index (χ4n) is 1.33. The molecule has 1 heterocycles. The predicted molar refractivity (Wildman–Crippen MR) is 69.0 cm³/mol. The minimum atomic E-state index is 0.327. The summed E-state index contributed by atoms with van der Waals surface area (Å²) in [5.74, 6) is 0. The first kappa shape index (κ1) is 12.7. The lowest BCUT2D eigenvalue weighted by atomic mass is 10.1. The molecule has 1 nitrogen and oxygen atoms in total. The summed E-state index contributed by atoms with van der Waals surface area (Å²) in [5, 5.41) is 8.62. The van der Waals surface area contributed by atoms with E-state index in [1.165, 1.54) is 26.0 Å². The highest BCUT2D eigenvalue weighted by Gasteiger charge is 2.04. The Bertz CT molecular complexity index is 273. The van der Waals surface area contributed by atoms with Crippen LogP contribution in [0.2, 0.25) is 0 Å². The number of halogens is 2. The molecule has 0 spiro atoms. The van der Waals surface area contributed by atoms with Gasteiger partial charge < -0.3 is 5.11 Å². The first-order valence-corrected chi connectivity index (χ1v) is 7.19. The van der Waals surface area contributed by atoms with Gasteiger partial charge in [0.15, 0.2) is 0 Å². The summed E-state index contributed by atoms with van der Waals surface area (Å²) in [6.07, 6.45) is 5.63. The number of unbranched alkanes of at least 4 members (excludes halogenated alkanes) is 3. The van der Waals surface area contributed by atoms with Gasteiger partial charge in [0.1, 0.15) is 0 Å². The summed E-state index contributed by atoms with van der Waals surface area (Å²) in [4.78, 5) is 0. The zero-order valence-corrected chi connectivity index (χ0v) is 11.9. The molecule has 0 fully saturated rings. The van der Waals surface area contributed by atoms with Crippen molar-refractivity contribution in [3.8, 4) is 0 Å². The quantitative estimate of drug-likeness (QED) is 0.762. The van der Waals surface area contributed by atoms with Gasteiger partial charge in [0, 0.05) is 6.61 Å². The number of hydrogen-bond donors (Lipinski definition) is 1. The van der Waals surface area contributed by atoms with Crippen molar-refractivity contribution in [1.82, 2.24) is 0 Å². The van der Waals surface area contributed by atoms with Gasteiger partial charge in [-0.15, -0.1) is 11.3 Å². The van der Waals surface area contributed by atoms with Crippen molar-refractivity contribution in [3.05, 3.63) is 19.2 Å². The smallest absolute Gasteiger partial charge is 0.0742 e. The SMILES string of the molecule is OCCCCCCc1cc(Br)sc1Br. The van der Waals surface area contributed by atoms with Crippen LogP contribution in [0, 0.1) is 0 Å².